The predicted octanol–water partition coefficient (Wildman–Crippen LogP) is 3.65. The Morgan fingerprint density at radius 2 is 2.22 bits per heavy atom. The number of ether oxygens (including phenoxy) is 1. The molecule has 1 unspecified atom stereocenters. The molecule has 0 aliphatic heterocycles. The first-order valence-electron chi connectivity index (χ1n) is 6.20. The molecule has 0 radical (unpaired) electrons. The predicted molar refractivity (Wildman–Crippen MR) is 77.4 cm³/mol. The quantitative estimate of drug-likeness (QED) is 0.857. The van der Waals surface area contributed by atoms with Crippen LogP contribution in [0, 0.1) is 0 Å². The summed E-state index contributed by atoms with van der Waals surface area (Å²) in [5.41, 5.74) is 2.60. The second-order valence-electron chi connectivity index (χ2n) is 4.31. The van der Waals surface area contributed by atoms with Gasteiger partial charge in [0.05, 0.1) is 6.61 Å². The van der Waals surface area contributed by atoms with Crippen molar-refractivity contribution in [3.8, 4) is 5.75 Å². The molecule has 0 spiro atoms. The smallest absolute Gasteiger partial charge is 0.119 e. The lowest BCUT2D eigenvalue weighted by Crippen LogP contribution is -2.12. The Labute approximate surface area is 113 Å². The number of benzene rings is 1. The highest BCUT2D eigenvalue weighted by Gasteiger charge is 2.03. The molecular formula is C15H19NOS. The second-order valence-corrected chi connectivity index (χ2v) is 5.09. The average Bonchev–Trinajstić information content (AvgIpc) is 2.91. The molecule has 18 heavy (non-hydrogen) atoms. The Kier molecular flexibility index (Phi) is 4.79. The molecule has 0 bridgehead atoms. The van der Waals surface area contributed by atoms with Crippen molar-refractivity contribution >= 4 is 11.3 Å². The van der Waals surface area contributed by atoms with E-state index in [1.165, 1.54) is 11.1 Å². The molecule has 2 rings (SSSR count). The largest absolute Gasteiger partial charge is 0.493 e. The molecular weight excluding hydrogens is 242 g/mol. The van der Waals surface area contributed by atoms with Gasteiger partial charge in [0.15, 0.2) is 0 Å². The molecule has 1 heterocycles. The third-order valence-electron chi connectivity index (χ3n) is 3.03. The maximum atomic E-state index is 5.79. The number of nitrogens with one attached hydrogen (secondary N) is 1. The average molecular weight is 261 g/mol. The van der Waals surface area contributed by atoms with Crippen LogP contribution < -0.4 is 10.1 Å². The van der Waals surface area contributed by atoms with Crippen molar-refractivity contribution in [3.05, 3.63) is 52.2 Å². The van der Waals surface area contributed by atoms with Gasteiger partial charge in [-0.25, -0.2) is 0 Å². The van der Waals surface area contributed by atoms with Crippen LogP contribution in [0.15, 0.2) is 41.1 Å². The minimum absolute atomic E-state index is 0.352. The number of rotatable bonds is 6. The Bertz CT molecular complexity index is 467. The SMILES string of the molecule is CNC(C)c1cccc(OCCc2ccsc2)c1. The molecule has 1 atom stereocenters. The van der Waals surface area contributed by atoms with Crippen LogP contribution in [-0.2, 0) is 6.42 Å². The summed E-state index contributed by atoms with van der Waals surface area (Å²) in [4.78, 5) is 0. The van der Waals surface area contributed by atoms with Crippen LogP contribution in [0.1, 0.15) is 24.1 Å². The fourth-order valence-electron chi connectivity index (χ4n) is 1.76. The highest BCUT2D eigenvalue weighted by atomic mass is 32.1. The van der Waals surface area contributed by atoms with Gasteiger partial charge < -0.3 is 10.1 Å². The van der Waals surface area contributed by atoms with Crippen LogP contribution in [0.3, 0.4) is 0 Å². The van der Waals surface area contributed by atoms with E-state index >= 15 is 0 Å². The van der Waals surface area contributed by atoms with Gasteiger partial charge in [-0.15, -0.1) is 0 Å². The van der Waals surface area contributed by atoms with Crippen molar-refractivity contribution in [2.75, 3.05) is 13.7 Å². The first-order chi connectivity index (χ1) is 8.79. The lowest BCUT2D eigenvalue weighted by molar-refractivity contribution is 0.321. The highest BCUT2D eigenvalue weighted by Crippen LogP contribution is 2.19. The molecule has 1 N–H and O–H groups in total. The number of hydrogen-bond donors (Lipinski definition) is 1. The normalized spacial score (nSPS) is 12.3. The summed E-state index contributed by atoms with van der Waals surface area (Å²) >= 11 is 1.73. The molecule has 0 saturated carbocycles. The Hall–Kier alpha value is -1.32. The summed E-state index contributed by atoms with van der Waals surface area (Å²) in [7, 11) is 1.97. The van der Waals surface area contributed by atoms with E-state index in [1.807, 2.05) is 19.2 Å². The third-order valence-corrected chi connectivity index (χ3v) is 3.76. The van der Waals surface area contributed by atoms with Crippen LogP contribution in [-0.4, -0.2) is 13.7 Å². The molecule has 96 valence electrons. The summed E-state index contributed by atoms with van der Waals surface area (Å²) in [6, 6.07) is 10.8. The van der Waals surface area contributed by atoms with E-state index in [0.717, 1.165) is 18.8 Å². The van der Waals surface area contributed by atoms with Crippen molar-refractivity contribution < 1.29 is 4.74 Å². The highest BCUT2D eigenvalue weighted by molar-refractivity contribution is 7.07. The Morgan fingerprint density at radius 1 is 1.33 bits per heavy atom. The van der Waals surface area contributed by atoms with Crippen molar-refractivity contribution in [2.45, 2.75) is 19.4 Å². The Morgan fingerprint density at radius 3 is 2.94 bits per heavy atom. The van der Waals surface area contributed by atoms with Gasteiger partial charge in [-0.05, 0) is 54.1 Å². The molecule has 1 aromatic heterocycles. The van der Waals surface area contributed by atoms with Gasteiger partial charge in [0.25, 0.3) is 0 Å². The first-order valence-corrected chi connectivity index (χ1v) is 7.15. The van der Waals surface area contributed by atoms with Crippen LogP contribution in [0.25, 0.3) is 0 Å². The fourth-order valence-corrected chi connectivity index (χ4v) is 2.47. The maximum absolute atomic E-state index is 5.79. The van der Waals surface area contributed by atoms with E-state index in [1.54, 1.807) is 11.3 Å². The zero-order chi connectivity index (χ0) is 12.8. The van der Waals surface area contributed by atoms with Crippen molar-refractivity contribution in [2.24, 2.45) is 0 Å². The molecule has 2 aromatic rings. The van der Waals surface area contributed by atoms with Crippen molar-refractivity contribution in [1.29, 1.82) is 0 Å². The Balaban J connectivity index is 1.89. The van der Waals surface area contributed by atoms with Gasteiger partial charge in [0, 0.05) is 12.5 Å². The summed E-state index contributed by atoms with van der Waals surface area (Å²) < 4.78 is 5.79. The molecule has 2 nitrogen and oxygen atoms in total. The monoisotopic (exact) mass is 261 g/mol. The molecule has 0 aliphatic carbocycles. The topological polar surface area (TPSA) is 21.3 Å². The van der Waals surface area contributed by atoms with Gasteiger partial charge in [-0.1, -0.05) is 12.1 Å². The lowest BCUT2D eigenvalue weighted by atomic mass is 10.1. The van der Waals surface area contributed by atoms with Gasteiger partial charge >= 0.3 is 0 Å². The number of thiophene rings is 1. The molecule has 0 fully saturated rings. The summed E-state index contributed by atoms with van der Waals surface area (Å²) in [6.07, 6.45) is 0.968. The van der Waals surface area contributed by atoms with E-state index in [9.17, 15) is 0 Å². The van der Waals surface area contributed by atoms with Crippen LogP contribution in [0.4, 0.5) is 0 Å². The van der Waals surface area contributed by atoms with Gasteiger partial charge in [0.2, 0.25) is 0 Å². The van der Waals surface area contributed by atoms with Crippen molar-refractivity contribution in [3.63, 3.8) is 0 Å². The summed E-state index contributed by atoms with van der Waals surface area (Å²) in [5, 5.41) is 7.50. The van der Waals surface area contributed by atoms with E-state index in [0.29, 0.717) is 6.04 Å². The van der Waals surface area contributed by atoms with Crippen LogP contribution in [0.5, 0.6) is 5.75 Å². The summed E-state index contributed by atoms with van der Waals surface area (Å²) in [6.45, 7) is 2.87. The molecule has 3 heteroatoms. The lowest BCUT2D eigenvalue weighted by Gasteiger charge is -2.12. The van der Waals surface area contributed by atoms with E-state index < -0.39 is 0 Å². The van der Waals surface area contributed by atoms with Crippen LogP contribution in [0.2, 0.25) is 0 Å². The third kappa shape index (κ3) is 3.59. The maximum Gasteiger partial charge on any atom is 0.119 e. The van der Waals surface area contributed by atoms with E-state index in [-0.39, 0.29) is 0 Å². The minimum atomic E-state index is 0.352. The second kappa shape index (κ2) is 6.57. The van der Waals surface area contributed by atoms with Crippen molar-refractivity contribution in [1.82, 2.24) is 5.32 Å². The summed E-state index contributed by atoms with van der Waals surface area (Å²) in [5.74, 6) is 0.949. The zero-order valence-electron chi connectivity index (χ0n) is 10.8. The van der Waals surface area contributed by atoms with Gasteiger partial charge in [-0.3, -0.25) is 0 Å². The fraction of sp³-hybridized carbons (Fsp3) is 0.333. The van der Waals surface area contributed by atoms with Crippen LogP contribution >= 0.6 is 11.3 Å². The minimum Gasteiger partial charge on any atom is -0.493 e. The number of hydrogen-bond acceptors (Lipinski definition) is 3. The molecule has 0 saturated heterocycles. The van der Waals surface area contributed by atoms with E-state index in [2.05, 4.69) is 41.2 Å². The van der Waals surface area contributed by atoms with Gasteiger partial charge in [0.1, 0.15) is 5.75 Å². The standard InChI is InChI=1S/C15H19NOS/c1-12(16-2)14-4-3-5-15(10-14)17-8-6-13-7-9-18-11-13/h3-5,7,9-12,16H,6,8H2,1-2H3. The molecule has 0 amide bonds. The molecule has 1 aromatic carbocycles. The van der Waals surface area contributed by atoms with Gasteiger partial charge in [-0.2, -0.15) is 11.3 Å². The zero-order valence-corrected chi connectivity index (χ0v) is 11.7. The first kappa shape index (κ1) is 13.1. The van der Waals surface area contributed by atoms with E-state index in [4.69, 9.17) is 4.74 Å². The molecule has 0 aliphatic rings.